The van der Waals surface area contributed by atoms with Crippen molar-refractivity contribution >= 4 is 11.6 Å². The second-order valence-corrected chi connectivity index (χ2v) is 9.85. The van der Waals surface area contributed by atoms with E-state index >= 15 is 4.39 Å². The van der Waals surface area contributed by atoms with E-state index in [0.717, 1.165) is 4.57 Å². The van der Waals surface area contributed by atoms with Crippen molar-refractivity contribution in [3.63, 3.8) is 0 Å². The Kier molecular flexibility index (Phi) is 6.74. The Bertz CT molecular complexity index is 1790. The van der Waals surface area contributed by atoms with E-state index in [1.807, 2.05) is 6.08 Å². The zero-order valence-corrected chi connectivity index (χ0v) is 22.0. The highest BCUT2D eigenvalue weighted by atomic mass is 35.5. The van der Waals surface area contributed by atoms with Gasteiger partial charge in [0.1, 0.15) is 40.1 Å². The van der Waals surface area contributed by atoms with Crippen LogP contribution in [0, 0.1) is 17.5 Å². The van der Waals surface area contributed by atoms with Gasteiger partial charge in [-0.2, -0.15) is 0 Å². The molecule has 0 radical (unpaired) electrons. The first-order chi connectivity index (χ1) is 19.8. The summed E-state index contributed by atoms with van der Waals surface area (Å²) < 4.78 is 66.9. The zero-order chi connectivity index (χ0) is 30.4. The lowest BCUT2D eigenvalue weighted by atomic mass is 10.1. The normalized spacial score (nSPS) is 15.1. The minimum atomic E-state index is -2.95. The van der Waals surface area contributed by atoms with Crippen LogP contribution in [0.3, 0.4) is 0 Å². The first kappa shape index (κ1) is 24.9. The molecule has 4 aromatic rings. The molecule has 0 fully saturated rings. The van der Waals surface area contributed by atoms with Crippen LogP contribution < -0.4 is 10.3 Å². The van der Waals surface area contributed by atoms with Gasteiger partial charge >= 0.3 is 0 Å². The largest absolute Gasteiger partial charge is 0.485 e. The summed E-state index contributed by atoms with van der Waals surface area (Å²) >= 11 is 6.37. The van der Waals surface area contributed by atoms with Gasteiger partial charge in [0.15, 0.2) is 17.5 Å². The topological polar surface area (TPSA) is 103 Å². The number of fused-ring (bicyclic) bond motifs is 3. The standard InChI is InChI=1S/C28H23ClF3N5O3/c1-28(2,39)27-33-9-8-19(36-27)24-23(32)25-15(12-35-24)6-4-3-5-7-17-11-21(22(29)26(38)37(17)25)40-14-20-18(31)10-16(30)13-34-20/h3,5,8-13,39H,4,6-7,14H2,1-2H3/b5-3-/i14D2. The fourth-order valence-corrected chi connectivity index (χ4v) is 4.32. The van der Waals surface area contributed by atoms with E-state index in [0.29, 0.717) is 30.7 Å². The van der Waals surface area contributed by atoms with E-state index in [1.54, 1.807) is 6.08 Å². The number of aliphatic hydroxyl groups is 1. The molecule has 0 atom stereocenters. The number of ether oxygens (including phenoxy) is 1. The van der Waals surface area contributed by atoms with Gasteiger partial charge < -0.3 is 9.84 Å². The number of hydrogen-bond acceptors (Lipinski definition) is 7. The Balaban J connectivity index is 1.68. The first-order valence-corrected chi connectivity index (χ1v) is 12.5. The Morgan fingerprint density at radius 3 is 2.73 bits per heavy atom. The third kappa shape index (κ3) is 5.34. The highest BCUT2D eigenvalue weighted by Gasteiger charge is 2.26. The predicted molar refractivity (Wildman–Crippen MR) is 141 cm³/mol. The van der Waals surface area contributed by atoms with Crippen LogP contribution in [-0.2, 0) is 25.0 Å². The average molecular weight is 572 g/mol. The minimum Gasteiger partial charge on any atom is -0.485 e. The highest BCUT2D eigenvalue weighted by Crippen LogP contribution is 2.32. The van der Waals surface area contributed by atoms with Crippen molar-refractivity contribution in [2.45, 2.75) is 45.3 Å². The van der Waals surface area contributed by atoms with Gasteiger partial charge in [-0.15, -0.1) is 0 Å². The van der Waals surface area contributed by atoms with Gasteiger partial charge in [-0.05, 0) is 38.3 Å². The Hall–Kier alpha value is -4.09. The molecule has 8 nitrogen and oxygen atoms in total. The molecule has 0 aromatic carbocycles. The molecule has 0 unspecified atom stereocenters. The molecule has 206 valence electrons. The van der Waals surface area contributed by atoms with Crippen molar-refractivity contribution in [3.05, 3.63) is 105 Å². The third-order valence-corrected chi connectivity index (χ3v) is 6.42. The Morgan fingerprint density at radius 1 is 1.18 bits per heavy atom. The number of aromatic nitrogens is 5. The number of halogens is 4. The molecule has 1 N–H and O–H groups in total. The monoisotopic (exact) mass is 571 g/mol. The molecular formula is C28H23ClF3N5O3. The quantitative estimate of drug-likeness (QED) is 0.336. The summed E-state index contributed by atoms with van der Waals surface area (Å²) in [5, 5.41) is 9.73. The van der Waals surface area contributed by atoms with E-state index in [4.69, 9.17) is 19.1 Å². The maximum absolute atomic E-state index is 16.4. The molecule has 0 saturated heterocycles. The predicted octanol–water partition coefficient (Wildman–Crippen LogP) is 5.01. The summed E-state index contributed by atoms with van der Waals surface area (Å²) in [6, 6.07) is 3.11. The SMILES string of the molecule is [2H]C([2H])(Oc1cc2n(c(=O)c1Cl)-c1c(cnc(-c3ccnc(C(C)(C)O)n3)c1F)CC/C=C\C2)c1ncc(F)cc1F. The second-order valence-electron chi connectivity index (χ2n) is 9.48. The van der Waals surface area contributed by atoms with E-state index in [1.165, 1.54) is 38.4 Å². The number of aryl methyl sites for hydroxylation is 1. The van der Waals surface area contributed by atoms with Crippen LogP contribution in [-0.4, -0.2) is 29.6 Å². The molecule has 1 aliphatic heterocycles. The molecule has 0 aliphatic carbocycles. The van der Waals surface area contributed by atoms with Crippen LogP contribution in [0.2, 0.25) is 5.02 Å². The van der Waals surface area contributed by atoms with E-state index < -0.39 is 51.6 Å². The Morgan fingerprint density at radius 2 is 1.98 bits per heavy atom. The maximum Gasteiger partial charge on any atom is 0.278 e. The van der Waals surface area contributed by atoms with Crippen LogP contribution in [0.1, 0.15) is 45.8 Å². The molecule has 5 rings (SSSR count). The van der Waals surface area contributed by atoms with Crippen LogP contribution in [0.4, 0.5) is 13.2 Å². The molecule has 40 heavy (non-hydrogen) atoms. The lowest BCUT2D eigenvalue weighted by Crippen LogP contribution is -2.25. The van der Waals surface area contributed by atoms with Crippen molar-refractivity contribution < 1.29 is 25.8 Å². The lowest BCUT2D eigenvalue weighted by Gasteiger charge is -2.20. The highest BCUT2D eigenvalue weighted by molar-refractivity contribution is 6.31. The summed E-state index contributed by atoms with van der Waals surface area (Å²) in [6.07, 6.45) is 7.92. The summed E-state index contributed by atoms with van der Waals surface area (Å²) in [5.41, 5.74) is -2.88. The molecular weight excluding hydrogens is 547 g/mol. The fourth-order valence-electron chi connectivity index (χ4n) is 4.14. The summed E-state index contributed by atoms with van der Waals surface area (Å²) in [7, 11) is 0. The summed E-state index contributed by atoms with van der Waals surface area (Å²) in [5.74, 6) is -3.60. The van der Waals surface area contributed by atoms with Gasteiger partial charge in [0, 0.05) is 36.6 Å². The smallest absolute Gasteiger partial charge is 0.278 e. The van der Waals surface area contributed by atoms with Crippen LogP contribution in [0.5, 0.6) is 5.75 Å². The number of hydrogen-bond donors (Lipinski definition) is 1. The molecule has 1 aliphatic rings. The number of allylic oxidation sites excluding steroid dienone is 2. The van der Waals surface area contributed by atoms with Crippen LogP contribution >= 0.6 is 11.6 Å². The molecule has 12 heteroatoms. The lowest BCUT2D eigenvalue weighted by molar-refractivity contribution is 0.0688. The number of rotatable bonds is 5. The number of nitrogens with zero attached hydrogens (tertiary/aromatic N) is 5. The average Bonchev–Trinajstić information content (AvgIpc) is 3.00. The first-order valence-electron chi connectivity index (χ1n) is 13.1. The molecule has 0 saturated carbocycles. The van der Waals surface area contributed by atoms with Gasteiger partial charge in [0.05, 0.1) is 20.3 Å². The van der Waals surface area contributed by atoms with Crippen molar-refractivity contribution in [3.8, 4) is 22.8 Å². The van der Waals surface area contributed by atoms with Crippen molar-refractivity contribution in [1.29, 1.82) is 0 Å². The van der Waals surface area contributed by atoms with Crippen molar-refractivity contribution in [2.24, 2.45) is 0 Å². The maximum atomic E-state index is 16.4. The van der Waals surface area contributed by atoms with Gasteiger partial charge in [-0.25, -0.2) is 23.1 Å². The Labute approximate surface area is 234 Å². The van der Waals surface area contributed by atoms with E-state index in [-0.39, 0.29) is 35.0 Å². The van der Waals surface area contributed by atoms with Gasteiger partial charge in [-0.1, -0.05) is 23.8 Å². The van der Waals surface area contributed by atoms with Crippen molar-refractivity contribution in [2.75, 3.05) is 0 Å². The van der Waals surface area contributed by atoms with E-state index in [9.17, 15) is 18.7 Å². The van der Waals surface area contributed by atoms with Gasteiger partial charge in [-0.3, -0.25) is 19.3 Å². The third-order valence-electron chi connectivity index (χ3n) is 6.07. The van der Waals surface area contributed by atoms with E-state index in [2.05, 4.69) is 19.9 Å². The zero-order valence-electron chi connectivity index (χ0n) is 23.3. The van der Waals surface area contributed by atoms with Crippen molar-refractivity contribution in [1.82, 2.24) is 24.5 Å². The van der Waals surface area contributed by atoms with Gasteiger partial charge in [0.2, 0.25) is 0 Å². The second kappa shape index (κ2) is 10.8. The minimum absolute atomic E-state index is 0.0395. The van der Waals surface area contributed by atoms with Crippen LogP contribution in [0.25, 0.3) is 17.1 Å². The van der Waals surface area contributed by atoms with Gasteiger partial charge in [0.25, 0.3) is 5.56 Å². The molecule has 0 bridgehead atoms. The molecule has 0 amide bonds. The molecule has 0 spiro atoms. The van der Waals surface area contributed by atoms with Crippen LogP contribution in [0.15, 0.2) is 53.7 Å². The molecule has 4 aromatic heterocycles. The molecule has 5 heterocycles. The summed E-state index contributed by atoms with van der Waals surface area (Å²) in [4.78, 5) is 29.7. The fraction of sp³-hybridized carbons (Fsp3) is 0.250. The summed E-state index contributed by atoms with van der Waals surface area (Å²) in [6.45, 7) is 0.00714. The number of pyridine rings is 3.